The fraction of sp³-hybridized carbons (Fsp3) is 0.375. The summed E-state index contributed by atoms with van der Waals surface area (Å²) < 4.78 is 40.6. The van der Waals surface area contributed by atoms with Gasteiger partial charge < -0.3 is 5.32 Å². The molecule has 24 heavy (non-hydrogen) atoms. The molecule has 0 radical (unpaired) electrons. The van der Waals surface area contributed by atoms with Crippen LogP contribution in [0.25, 0.3) is 5.69 Å². The molecule has 1 aromatic carbocycles. The first kappa shape index (κ1) is 16.5. The number of halogens is 3. The summed E-state index contributed by atoms with van der Waals surface area (Å²) in [6.07, 6.45) is 1.74. The highest BCUT2D eigenvalue weighted by atomic mass is 19.3. The molecular formula is C16H17F3N4O. The molecule has 1 aliphatic heterocycles. The summed E-state index contributed by atoms with van der Waals surface area (Å²) in [4.78, 5) is 11.8. The zero-order chi connectivity index (χ0) is 17.2. The van der Waals surface area contributed by atoms with E-state index in [-0.39, 0.29) is 5.82 Å². The van der Waals surface area contributed by atoms with Crippen LogP contribution in [0.4, 0.5) is 13.2 Å². The molecule has 128 valence electrons. The third kappa shape index (κ3) is 3.94. The fourth-order valence-corrected chi connectivity index (χ4v) is 2.57. The zero-order valence-electron chi connectivity index (χ0n) is 12.8. The second-order valence-corrected chi connectivity index (χ2v) is 5.76. The minimum Gasteiger partial charge on any atom is -0.354 e. The van der Waals surface area contributed by atoms with E-state index in [1.165, 1.54) is 12.1 Å². The lowest BCUT2D eigenvalue weighted by atomic mass is 10.2. The number of carbonyl (C=O) groups is 1. The van der Waals surface area contributed by atoms with Crippen molar-refractivity contribution in [2.75, 3.05) is 13.1 Å². The van der Waals surface area contributed by atoms with Crippen molar-refractivity contribution in [3.8, 4) is 5.69 Å². The predicted molar refractivity (Wildman–Crippen MR) is 81.6 cm³/mol. The number of amides is 1. The maximum atomic E-state index is 13.1. The second kappa shape index (κ2) is 6.64. The van der Waals surface area contributed by atoms with Crippen LogP contribution in [0.1, 0.15) is 12.1 Å². The van der Waals surface area contributed by atoms with Crippen LogP contribution in [0, 0.1) is 5.82 Å². The quantitative estimate of drug-likeness (QED) is 0.872. The van der Waals surface area contributed by atoms with Crippen LogP contribution in [0.15, 0.2) is 36.5 Å². The topological polar surface area (TPSA) is 59.0 Å². The van der Waals surface area contributed by atoms with E-state index in [9.17, 15) is 18.0 Å². The summed E-state index contributed by atoms with van der Waals surface area (Å²) >= 11 is 0. The Morgan fingerprint density at radius 3 is 2.75 bits per heavy atom. The van der Waals surface area contributed by atoms with Gasteiger partial charge in [-0.25, -0.2) is 17.9 Å². The van der Waals surface area contributed by atoms with Crippen molar-refractivity contribution >= 4 is 5.91 Å². The van der Waals surface area contributed by atoms with Crippen molar-refractivity contribution in [2.45, 2.75) is 24.8 Å². The van der Waals surface area contributed by atoms with E-state index in [0.717, 1.165) is 11.4 Å². The largest absolute Gasteiger partial charge is 0.354 e. The predicted octanol–water partition coefficient (Wildman–Crippen LogP) is 1.67. The monoisotopic (exact) mass is 338 g/mol. The Morgan fingerprint density at radius 1 is 1.33 bits per heavy atom. The molecule has 5 nitrogen and oxygen atoms in total. The molecule has 1 unspecified atom stereocenters. The molecule has 1 fully saturated rings. The summed E-state index contributed by atoms with van der Waals surface area (Å²) in [6, 6.07) is 6.86. The van der Waals surface area contributed by atoms with Gasteiger partial charge in [-0.15, -0.1) is 0 Å². The molecule has 1 aliphatic rings. The molecule has 3 rings (SSSR count). The molecule has 2 aromatic rings. The maximum absolute atomic E-state index is 13.1. The third-order valence-electron chi connectivity index (χ3n) is 3.84. The second-order valence-electron chi connectivity index (χ2n) is 5.76. The Kier molecular flexibility index (Phi) is 4.57. The van der Waals surface area contributed by atoms with Crippen molar-refractivity contribution in [3.05, 3.63) is 48.0 Å². The number of benzene rings is 1. The third-order valence-corrected chi connectivity index (χ3v) is 3.84. The first-order chi connectivity index (χ1) is 11.4. The van der Waals surface area contributed by atoms with Crippen LogP contribution in [0.2, 0.25) is 0 Å². The van der Waals surface area contributed by atoms with Crippen molar-refractivity contribution < 1.29 is 18.0 Å². The number of aromatic nitrogens is 2. The van der Waals surface area contributed by atoms with Gasteiger partial charge in [0.15, 0.2) is 0 Å². The Morgan fingerprint density at radius 2 is 2.08 bits per heavy atom. The normalized spacial score (nSPS) is 19.4. The van der Waals surface area contributed by atoms with E-state index in [1.807, 2.05) is 0 Å². The molecule has 1 amide bonds. The molecule has 1 atom stereocenters. The highest BCUT2D eigenvalue weighted by molar-refractivity contribution is 5.82. The number of nitrogens with zero attached hydrogens (tertiary/aromatic N) is 2. The summed E-state index contributed by atoms with van der Waals surface area (Å²) in [5.74, 6) is -3.57. The van der Waals surface area contributed by atoms with Gasteiger partial charge in [-0.3, -0.25) is 10.1 Å². The molecule has 0 saturated carbocycles. The first-order valence-corrected chi connectivity index (χ1v) is 7.62. The Bertz CT molecular complexity index is 714. The number of rotatable bonds is 5. The van der Waals surface area contributed by atoms with Crippen LogP contribution >= 0.6 is 0 Å². The smallest absolute Gasteiger partial charge is 0.262 e. The summed E-state index contributed by atoms with van der Waals surface area (Å²) in [5, 5.41) is 9.48. The van der Waals surface area contributed by atoms with E-state index >= 15 is 0 Å². The lowest BCUT2D eigenvalue weighted by molar-refractivity contribution is -0.123. The minimum atomic E-state index is -2.82. The van der Waals surface area contributed by atoms with Gasteiger partial charge in [0.1, 0.15) is 5.82 Å². The van der Waals surface area contributed by atoms with E-state index in [0.29, 0.717) is 13.0 Å². The van der Waals surface area contributed by atoms with Crippen LogP contribution in [0.5, 0.6) is 0 Å². The van der Waals surface area contributed by atoms with Crippen molar-refractivity contribution in [2.24, 2.45) is 0 Å². The summed E-state index contributed by atoms with van der Waals surface area (Å²) in [5.41, 5.74) is 1.47. The van der Waals surface area contributed by atoms with Crippen LogP contribution < -0.4 is 10.6 Å². The van der Waals surface area contributed by atoms with Crippen LogP contribution in [-0.4, -0.2) is 40.7 Å². The average Bonchev–Trinajstić information content (AvgIpc) is 3.14. The molecule has 1 aromatic heterocycles. The van der Waals surface area contributed by atoms with Gasteiger partial charge in [0.05, 0.1) is 24.0 Å². The van der Waals surface area contributed by atoms with E-state index in [4.69, 9.17) is 0 Å². The molecule has 2 heterocycles. The van der Waals surface area contributed by atoms with Gasteiger partial charge in [-0.05, 0) is 30.3 Å². The molecule has 2 N–H and O–H groups in total. The SMILES string of the molecule is O=C(NCCc1ccn(-c2ccc(F)cc2)n1)C1CC(F)(F)CN1. The van der Waals surface area contributed by atoms with Gasteiger partial charge in [0, 0.05) is 25.6 Å². The van der Waals surface area contributed by atoms with Crippen LogP contribution in [0.3, 0.4) is 0 Å². The standard InChI is InChI=1S/C16H17F3N4O/c17-11-1-3-13(4-2-11)23-8-6-12(22-23)5-7-20-15(24)14-9-16(18,19)10-21-14/h1-4,6,8,14,21H,5,7,9-10H2,(H,20,24). The van der Waals surface area contributed by atoms with E-state index < -0.39 is 30.8 Å². The van der Waals surface area contributed by atoms with E-state index in [2.05, 4.69) is 15.7 Å². The number of alkyl halides is 2. The highest BCUT2D eigenvalue weighted by Gasteiger charge is 2.42. The summed E-state index contributed by atoms with van der Waals surface area (Å²) in [7, 11) is 0. The lowest BCUT2D eigenvalue weighted by Gasteiger charge is -2.10. The maximum Gasteiger partial charge on any atom is 0.262 e. The lowest BCUT2D eigenvalue weighted by Crippen LogP contribution is -2.41. The molecule has 1 saturated heterocycles. The summed E-state index contributed by atoms with van der Waals surface area (Å²) in [6.45, 7) is -0.157. The Hall–Kier alpha value is -2.35. The number of hydrogen-bond donors (Lipinski definition) is 2. The van der Waals surface area contributed by atoms with Crippen molar-refractivity contribution in [3.63, 3.8) is 0 Å². The van der Waals surface area contributed by atoms with Gasteiger partial charge in [0.2, 0.25) is 5.91 Å². The van der Waals surface area contributed by atoms with Gasteiger partial charge >= 0.3 is 0 Å². The van der Waals surface area contributed by atoms with Crippen molar-refractivity contribution in [1.82, 2.24) is 20.4 Å². The molecule has 0 bridgehead atoms. The highest BCUT2D eigenvalue weighted by Crippen LogP contribution is 2.24. The molecular weight excluding hydrogens is 321 g/mol. The van der Waals surface area contributed by atoms with Gasteiger partial charge in [0.25, 0.3) is 5.92 Å². The Balaban J connectivity index is 1.49. The molecule has 0 spiro atoms. The molecule has 8 heteroatoms. The first-order valence-electron chi connectivity index (χ1n) is 7.62. The van der Waals surface area contributed by atoms with Crippen molar-refractivity contribution in [1.29, 1.82) is 0 Å². The number of carbonyl (C=O) groups excluding carboxylic acids is 1. The zero-order valence-corrected chi connectivity index (χ0v) is 12.8. The minimum absolute atomic E-state index is 0.309. The number of hydrogen-bond acceptors (Lipinski definition) is 3. The molecule has 0 aliphatic carbocycles. The van der Waals surface area contributed by atoms with E-state index in [1.54, 1.807) is 29.1 Å². The van der Waals surface area contributed by atoms with Crippen LogP contribution in [-0.2, 0) is 11.2 Å². The van der Waals surface area contributed by atoms with Gasteiger partial charge in [-0.1, -0.05) is 0 Å². The fourth-order valence-electron chi connectivity index (χ4n) is 2.57. The number of nitrogens with one attached hydrogen (secondary N) is 2. The van der Waals surface area contributed by atoms with Gasteiger partial charge in [-0.2, -0.15) is 5.10 Å². The Labute approximate surface area is 136 Å². The average molecular weight is 338 g/mol.